The highest BCUT2D eigenvalue weighted by molar-refractivity contribution is 7.96. The normalized spacial score (nSPS) is 10.5. The van der Waals surface area contributed by atoms with Gasteiger partial charge >= 0.3 is 0 Å². The van der Waals surface area contributed by atoms with Gasteiger partial charge in [-0.15, -0.1) is 0 Å². The summed E-state index contributed by atoms with van der Waals surface area (Å²) in [6.45, 7) is 0. The lowest BCUT2D eigenvalue weighted by atomic mass is 10.1. The lowest BCUT2D eigenvalue weighted by Crippen LogP contribution is -2.13. The molecule has 0 aliphatic rings. The van der Waals surface area contributed by atoms with Gasteiger partial charge in [0.2, 0.25) is 5.78 Å². The molecule has 1 nitrogen and oxygen atoms in total. The van der Waals surface area contributed by atoms with Gasteiger partial charge in [-0.2, -0.15) is 0 Å². The first-order valence-electron chi connectivity index (χ1n) is 3.92. The quantitative estimate of drug-likeness (QED) is 0.559. The van der Waals surface area contributed by atoms with Gasteiger partial charge in [-0.3, -0.25) is 4.79 Å². The number of ketones is 1. The van der Waals surface area contributed by atoms with Crippen molar-refractivity contribution in [1.29, 1.82) is 0 Å². The third-order valence-corrected chi connectivity index (χ3v) is 2.68. The van der Waals surface area contributed by atoms with Gasteiger partial charge in [-0.1, -0.05) is 11.6 Å². The maximum atomic E-state index is 11.5. The molecule has 0 radical (unpaired) electrons. The van der Waals surface area contributed by atoms with Crippen molar-refractivity contribution in [2.24, 2.45) is 0 Å². The van der Waals surface area contributed by atoms with Crippen LogP contribution in [0, 0.1) is 0 Å². The molecule has 1 aromatic rings. The van der Waals surface area contributed by atoms with Gasteiger partial charge in [-0.25, -0.2) is 0 Å². The van der Waals surface area contributed by atoms with Crippen molar-refractivity contribution in [3.05, 3.63) is 34.9 Å². The SMILES string of the molecule is C[S+](C)CC(=O)c1ccc(Cl)cc1. The molecule has 0 amide bonds. The van der Waals surface area contributed by atoms with E-state index in [2.05, 4.69) is 12.5 Å². The standard InChI is InChI=1S/C10H12ClOS/c1-13(2)7-10(12)8-3-5-9(11)6-4-8/h3-6H,7H2,1-2H3/q+1. The minimum atomic E-state index is 0.166. The van der Waals surface area contributed by atoms with E-state index in [0.29, 0.717) is 10.8 Å². The molecular formula is C10H12ClOS+. The molecule has 1 aromatic carbocycles. The van der Waals surface area contributed by atoms with E-state index in [1.54, 1.807) is 24.3 Å². The first-order chi connectivity index (χ1) is 6.09. The van der Waals surface area contributed by atoms with Crippen LogP contribution in [-0.2, 0) is 10.9 Å². The monoisotopic (exact) mass is 215 g/mol. The third-order valence-electron chi connectivity index (χ3n) is 1.59. The number of Topliss-reactive ketones (excluding diaryl/α,β-unsaturated/α-hetero) is 1. The first kappa shape index (κ1) is 10.6. The summed E-state index contributed by atoms with van der Waals surface area (Å²) >= 11 is 5.71. The highest BCUT2D eigenvalue weighted by Gasteiger charge is 2.13. The smallest absolute Gasteiger partial charge is 0.211 e. The van der Waals surface area contributed by atoms with Crippen LogP contribution in [0.1, 0.15) is 10.4 Å². The van der Waals surface area contributed by atoms with Gasteiger partial charge in [0.1, 0.15) is 0 Å². The summed E-state index contributed by atoms with van der Waals surface area (Å²) in [4.78, 5) is 11.5. The zero-order valence-electron chi connectivity index (χ0n) is 7.71. The Morgan fingerprint density at radius 2 is 1.85 bits per heavy atom. The second-order valence-corrected chi connectivity index (χ2v) is 5.76. The van der Waals surface area contributed by atoms with E-state index < -0.39 is 0 Å². The molecular weight excluding hydrogens is 204 g/mol. The average Bonchev–Trinajstić information content (AvgIpc) is 2.04. The van der Waals surface area contributed by atoms with Crippen molar-refractivity contribution in [1.82, 2.24) is 0 Å². The number of hydrogen-bond acceptors (Lipinski definition) is 1. The molecule has 0 spiro atoms. The summed E-state index contributed by atoms with van der Waals surface area (Å²) in [5.41, 5.74) is 0.755. The second-order valence-electron chi connectivity index (χ2n) is 3.06. The number of hydrogen-bond donors (Lipinski definition) is 0. The largest absolute Gasteiger partial charge is 0.289 e. The highest BCUT2D eigenvalue weighted by Crippen LogP contribution is 2.10. The van der Waals surface area contributed by atoms with Crippen LogP contribution in [0.25, 0.3) is 0 Å². The number of carbonyl (C=O) groups excluding carboxylic acids is 1. The van der Waals surface area contributed by atoms with Crippen LogP contribution in [0.5, 0.6) is 0 Å². The van der Waals surface area contributed by atoms with E-state index in [-0.39, 0.29) is 16.7 Å². The summed E-state index contributed by atoms with van der Waals surface area (Å²) in [7, 11) is 0.166. The van der Waals surface area contributed by atoms with Crippen LogP contribution in [0.2, 0.25) is 5.02 Å². The fourth-order valence-corrected chi connectivity index (χ4v) is 1.80. The van der Waals surface area contributed by atoms with Crippen molar-refractivity contribution < 1.29 is 4.79 Å². The molecule has 0 bridgehead atoms. The predicted octanol–water partition coefficient (Wildman–Crippen LogP) is 2.40. The third kappa shape index (κ3) is 3.41. The minimum absolute atomic E-state index is 0.166. The molecule has 0 unspecified atom stereocenters. The Morgan fingerprint density at radius 3 is 2.31 bits per heavy atom. The van der Waals surface area contributed by atoms with Crippen LogP contribution >= 0.6 is 11.6 Å². The number of rotatable bonds is 3. The molecule has 0 aliphatic carbocycles. The fraction of sp³-hybridized carbons (Fsp3) is 0.300. The van der Waals surface area contributed by atoms with Crippen molar-refractivity contribution >= 4 is 28.3 Å². The highest BCUT2D eigenvalue weighted by atomic mass is 35.5. The minimum Gasteiger partial charge on any atom is -0.289 e. The van der Waals surface area contributed by atoms with Crippen molar-refractivity contribution in [2.45, 2.75) is 0 Å². The Labute approximate surface area is 86.4 Å². The fourth-order valence-electron chi connectivity index (χ4n) is 0.981. The zero-order valence-corrected chi connectivity index (χ0v) is 9.28. The van der Waals surface area contributed by atoms with Gasteiger partial charge in [-0.05, 0) is 35.2 Å². The van der Waals surface area contributed by atoms with E-state index in [1.807, 2.05) is 0 Å². The Hall–Kier alpha value is -0.470. The van der Waals surface area contributed by atoms with Gasteiger partial charge in [0.15, 0.2) is 5.75 Å². The van der Waals surface area contributed by atoms with Gasteiger partial charge in [0, 0.05) is 10.6 Å². The molecule has 0 N–H and O–H groups in total. The average molecular weight is 216 g/mol. The molecule has 13 heavy (non-hydrogen) atoms. The molecule has 0 aliphatic heterocycles. The second kappa shape index (κ2) is 4.68. The van der Waals surface area contributed by atoms with Gasteiger partial charge < -0.3 is 0 Å². The topological polar surface area (TPSA) is 17.1 Å². The summed E-state index contributed by atoms with van der Waals surface area (Å²) in [5.74, 6) is 0.826. The number of benzene rings is 1. The number of carbonyl (C=O) groups is 1. The Bertz CT molecular complexity index is 292. The van der Waals surface area contributed by atoms with Gasteiger partial charge in [0.25, 0.3) is 0 Å². The Morgan fingerprint density at radius 1 is 1.31 bits per heavy atom. The molecule has 0 aromatic heterocycles. The summed E-state index contributed by atoms with van der Waals surface area (Å²) in [6, 6.07) is 7.05. The van der Waals surface area contributed by atoms with Crippen molar-refractivity contribution in [3.8, 4) is 0 Å². The molecule has 1 rings (SSSR count). The van der Waals surface area contributed by atoms with E-state index in [9.17, 15) is 4.79 Å². The van der Waals surface area contributed by atoms with Gasteiger partial charge in [0.05, 0.1) is 12.5 Å². The van der Waals surface area contributed by atoms with Crippen molar-refractivity contribution in [2.75, 3.05) is 18.3 Å². The van der Waals surface area contributed by atoms with Crippen LogP contribution in [-0.4, -0.2) is 24.0 Å². The summed E-state index contributed by atoms with van der Waals surface area (Å²) in [6.07, 6.45) is 4.13. The van der Waals surface area contributed by atoms with Crippen molar-refractivity contribution in [3.63, 3.8) is 0 Å². The van der Waals surface area contributed by atoms with Crippen LogP contribution in [0.3, 0.4) is 0 Å². The van der Waals surface area contributed by atoms with Crippen LogP contribution in [0.15, 0.2) is 24.3 Å². The Balaban J connectivity index is 2.72. The van der Waals surface area contributed by atoms with E-state index in [1.165, 1.54) is 0 Å². The van der Waals surface area contributed by atoms with E-state index in [0.717, 1.165) is 5.56 Å². The van der Waals surface area contributed by atoms with Crippen LogP contribution in [0.4, 0.5) is 0 Å². The van der Waals surface area contributed by atoms with E-state index in [4.69, 9.17) is 11.6 Å². The lowest BCUT2D eigenvalue weighted by Gasteiger charge is -1.98. The van der Waals surface area contributed by atoms with Crippen LogP contribution < -0.4 is 0 Å². The Kier molecular flexibility index (Phi) is 3.82. The molecule has 0 heterocycles. The molecule has 70 valence electrons. The molecule has 0 saturated carbocycles. The zero-order chi connectivity index (χ0) is 9.84. The predicted molar refractivity (Wildman–Crippen MR) is 59.9 cm³/mol. The molecule has 0 fully saturated rings. The first-order valence-corrected chi connectivity index (χ1v) is 6.51. The lowest BCUT2D eigenvalue weighted by molar-refractivity contribution is 0.102. The molecule has 0 saturated heterocycles. The number of halogens is 1. The summed E-state index contributed by atoms with van der Waals surface area (Å²) in [5, 5.41) is 0.670. The maximum Gasteiger partial charge on any atom is 0.211 e. The molecule has 3 heteroatoms. The molecule has 0 atom stereocenters. The maximum absolute atomic E-state index is 11.5. The summed E-state index contributed by atoms with van der Waals surface area (Å²) < 4.78 is 0. The van der Waals surface area contributed by atoms with E-state index >= 15 is 0 Å².